The van der Waals surface area contributed by atoms with Gasteiger partial charge in [0.25, 0.3) is 10.1 Å². The van der Waals surface area contributed by atoms with Gasteiger partial charge in [-0.05, 0) is 36.0 Å². The van der Waals surface area contributed by atoms with E-state index in [2.05, 4.69) is 0 Å². The summed E-state index contributed by atoms with van der Waals surface area (Å²) in [5.74, 6) is 0. The molecule has 0 aliphatic heterocycles. The molecule has 0 bridgehead atoms. The van der Waals surface area contributed by atoms with E-state index < -0.39 is 18.0 Å². The van der Waals surface area contributed by atoms with Crippen LogP contribution in [0.2, 0.25) is 0 Å². The van der Waals surface area contributed by atoms with Crippen molar-refractivity contribution >= 4 is 63.5 Å². The van der Waals surface area contributed by atoms with E-state index in [0.29, 0.717) is 0 Å². The summed E-state index contributed by atoms with van der Waals surface area (Å²) in [5, 5.41) is 3.13. The first-order chi connectivity index (χ1) is 11.1. The predicted octanol–water partition coefficient (Wildman–Crippen LogP) is 2.04. The van der Waals surface area contributed by atoms with Gasteiger partial charge in [-0.3, -0.25) is 4.55 Å². The first-order valence-electron chi connectivity index (χ1n) is 7.03. The van der Waals surface area contributed by atoms with Gasteiger partial charge in [-0.1, -0.05) is 72.8 Å². The van der Waals surface area contributed by atoms with E-state index in [0.717, 1.165) is 15.9 Å². The molecule has 3 nitrogen and oxygen atoms in total. The van der Waals surface area contributed by atoms with Crippen molar-refractivity contribution in [2.45, 2.75) is 4.90 Å². The zero-order chi connectivity index (χ0) is 16.3. The quantitative estimate of drug-likeness (QED) is 0.437. The van der Waals surface area contributed by atoms with Crippen molar-refractivity contribution < 1.29 is 13.0 Å². The minimum absolute atomic E-state index is 0. The Hall–Kier alpha value is -1.000. The molecular weight excluding hydrogens is 350 g/mol. The fraction of sp³-hybridized carbons (Fsp3) is 0. The average molecular weight is 366 g/mol. The summed E-state index contributed by atoms with van der Waals surface area (Å²) >= 11 is 0. The Balaban J connectivity index is 0.00000208. The van der Waals surface area contributed by atoms with Gasteiger partial charge in [0.2, 0.25) is 0 Å². The van der Waals surface area contributed by atoms with Crippen LogP contribution in [0.15, 0.2) is 89.8 Å². The Labute approximate surface area is 165 Å². The van der Waals surface area contributed by atoms with Crippen molar-refractivity contribution in [1.29, 1.82) is 0 Å². The van der Waals surface area contributed by atoms with Gasteiger partial charge in [0.05, 0.1) is 4.90 Å². The van der Waals surface area contributed by atoms with Gasteiger partial charge < -0.3 is 0 Å². The van der Waals surface area contributed by atoms with Crippen molar-refractivity contribution in [1.82, 2.24) is 0 Å². The zero-order valence-corrected chi connectivity index (χ0v) is 13.9. The van der Waals surface area contributed by atoms with Crippen LogP contribution in [0, 0.1) is 0 Å². The van der Waals surface area contributed by atoms with Crippen LogP contribution in [0.3, 0.4) is 0 Å². The molecule has 0 heterocycles. The molecule has 0 fully saturated rings. The van der Waals surface area contributed by atoms with E-state index in [-0.39, 0.29) is 34.5 Å². The van der Waals surface area contributed by atoms with Crippen LogP contribution in [-0.4, -0.2) is 42.5 Å². The molecule has 0 aromatic heterocycles. The van der Waals surface area contributed by atoms with Crippen molar-refractivity contribution in [3.8, 4) is 0 Å². The third-order valence-corrected chi connectivity index (χ3v) is 6.68. The second kappa shape index (κ2) is 8.39. The third-order valence-electron chi connectivity index (χ3n) is 3.40. The van der Waals surface area contributed by atoms with Crippen molar-refractivity contribution in [3.63, 3.8) is 0 Å². The average Bonchev–Trinajstić information content (AvgIpc) is 2.57. The van der Waals surface area contributed by atoms with Crippen LogP contribution >= 0.6 is 7.92 Å². The summed E-state index contributed by atoms with van der Waals surface area (Å²) in [6.45, 7) is 0. The third kappa shape index (κ3) is 4.54. The van der Waals surface area contributed by atoms with Gasteiger partial charge in [0.15, 0.2) is 0 Å². The molecule has 0 saturated heterocycles. The summed E-state index contributed by atoms with van der Waals surface area (Å²) in [7, 11) is -5.10. The molecule has 118 valence electrons. The fourth-order valence-corrected chi connectivity index (χ4v) is 5.34. The molecule has 0 spiro atoms. The summed E-state index contributed by atoms with van der Waals surface area (Å²) in [4.78, 5) is -0.0747. The van der Waals surface area contributed by atoms with Gasteiger partial charge in [-0.15, -0.1) is 0 Å². The van der Waals surface area contributed by atoms with E-state index in [1.165, 1.54) is 6.07 Å². The SMILES string of the molecule is O=S(=O)(O)c1cccc(P(c2ccccc2)c2ccccc2)c1.[NaH]. The Morgan fingerprint density at radius 1 is 0.667 bits per heavy atom. The standard InChI is InChI=1S/C18H15O3PS.Na.H/c19-23(20,21)18-13-7-12-17(14-18)22(15-8-3-1-4-9-15)16-10-5-2-6-11-16;;/h1-14H,(H,19,20,21);;. The number of hydrogen-bond donors (Lipinski definition) is 1. The van der Waals surface area contributed by atoms with Gasteiger partial charge in [-0.2, -0.15) is 8.42 Å². The topological polar surface area (TPSA) is 54.4 Å². The first-order valence-corrected chi connectivity index (χ1v) is 9.82. The van der Waals surface area contributed by atoms with Crippen molar-refractivity contribution in [2.75, 3.05) is 0 Å². The molecule has 24 heavy (non-hydrogen) atoms. The normalized spacial score (nSPS) is 11.1. The molecule has 0 amide bonds. The molecule has 3 rings (SSSR count). The second-order valence-corrected chi connectivity index (χ2v) is 8.62. The Kier molecular flexibility index (Phi) is 6.76. The molecule has 3 aromatic carbocycles. The summed E-state index contributed by atoms with van der Waals surface area (Å²) in [6, 6.07) is 26.5. The van der Waals surface area contributed by atoms with E-state index in [1.807, 2.05) is 66.7 Å². The van der Waals surface area contributed by atoms with Gasteiger partial charge >= 0.3 is 29.6 Å². The monoisotopic (exact) mass is 366 g/mol. The van der Waals surface area contributed by atoms with Crippen LogP contribution < -0.4 is 15.9 Å². The van der Waals surface area contributed by atoms with Crippen LogP contribution in [-0.2, 0) is 10.1 Å². The molecule has 0 aliphatic rings. The van der Waals surface area contributed by atoms with Gasteiger partial charge in [-0.25, -0.2) is 0 Å². The number of rotatable bonds is 4. The maximum atomic E-state index is 11.4. The van der Waals surface area contributed by atoms with E-state index in [4.69, 9.17) is 0 Å². The van der Waals surface area contributed by atoms with Crippen LogP contribution in [0.25, 0.3) is 0 Å². The van der Waals surface area contributed by atoms with Crippen LogP contribution in [0.1, 0.15) is 0 Å². The number of benzene rings is 3. The van der Waals surface area contributed by atoms with Crippen molar-refractivity contribution in [2.24, 2.45) is 0 Å². The van der Waals surface area contributed by atoms with Gasteiger partial charge in [0, 0.05) is 0 Å². The Bertz CT molecular complexity index is 860. The maximum absolute atomic E-state index is 11.4. The second-order valence-electron chi connectivity index (χ2n) is 4.98. The molecule has 0 radical (unpaired) electrons. The van der Waals surface area contributed by atoms with Crippen LogP contribution in [0.4, 0.5) is 0 Å². The van der Waals surface area contributed by atoms with E-state index >= 15 is 0 Å². The Morgan fingerprint density at radius 2 is 1.12 bits per heavy atom. The number of hydrogen-bond acceptors (Lipinski definition) is 2. The zero-order valence-electron chi connectivity index (χ0n) is 12.2. The molecule has 0 atom stereocenters. The summed E-state index contributed by atoms with van der Waals surface area (Å²) in [5.41, 5.74) is 0. The predicted molar refractivity (Wildman–Crippen MR) is 102 cm³/mol. The molecule has 0 unspecified atom stereocenters. The van der Waals surface area contributed by atoms with E-state index in [1.54, 1.807) is 12.1 Å². The van der Waals surface area contributed by atoms with Gasteiger partial charge in [0.1, 0.15) is 0 Å². The molecule has 0 aliphatic carbocycles. The molecule has 1 N–H and O–H groups in total. The van der Waals surface area contributed by atoms with Crippen molar-refractivity contribution in [3.05, 3.63) is 84.9 Å². The van der Waals surface area contributed by atoms with Crippen LogP contribution in [0.5, 0.6) is 0 Å². The Morgan fingerprint density at radius 3 is 1.58 bits per heavy atom. The molecular formula is C18H16NaO3PS. The summed E-state index contributed by atoms with van der Waals surface area (Å²) < 4.78 is 32.2. The molecule has 0 saturated carbocycles. The minimum atomic E-state index is -4.21. The molecule has 6 heteroatoms. The fourth-order valence-electron chi connectivity index (χ4n) is 2.38. The van der Waals surface area contributed by atoms with E-state index in [9.17, 15) is 13.0 Å². The summed E-state index contributed by atoms with van der Waals surface area (Å²) in [6.07, 6.45) is 0. The molecule has 3 aromatic rings. The first kappa shape index (κ1) is 19.3.